The van der Waals surface area contributed by atoms with Crippen LogP contribution in [0.5, 0.6) is 23.1 Å². The average molecular weight is 478 g/mol. The summed E-state index contributed by atoms with van der Waals surface area (Å²) in [6.07, 6.45) is 4.58. The number of hydrogen-bond donors (Lipinski definition) is 1. The number of nitrogens with zero attached hydrogens (tertiary/aromatic N) is 3. The lowest BCUT2D eigenvalue weighted by molar-refractivity contribution is 0.0549. The highest BCUT2D eigenvalue weighted by Gasteiger charge is 2.35. The zero-order valence-electron chi connectivity index (χ0n) is 21.0. The summed E-state index contributed by atoms with van der Waals surface area (Å²) in [6, 6.07) is 15.8. The number of aryl methyl sites for hydroxylation is 1. The fourth-order valence-corrected chi connectivity index (χ4v) is 4.16. The molecule has 1 fully saturated rings. The summed E-state index contributed by atoms with van der Waals surface area (Å²) < 4.78 is 19.3. The van der Waals surface area contributed by atoms with Crippen molar-refractivity contribution in [3.05, 3.63) is 72.4 Å². The highest BCUT2D eigenvalue weighted by molar-refractivity contribution is 5.48. The van der Waals surface area contributed by atoms with Crippen LogP contribution in [0.2, 0.25) is 0 Å². The zero-order chi connectivity index (χ0) is 25.0. The van der Waals surface area contributed by atoms with Crippen molar-refractivity contribution in [3.8, 4) is 28.8 Å². The molecule has 1 atom stereocenters. The van der Waals surface area contributed by atoms with E-state index in [0.717, 1.165) is 42.0 Å². The Morgan fingerprint density at radius 2 is 1.80 bits per heavy atom. The van der Waals surface area contributed by atoms with Gasteiger partial charge in [0.05, 0.1) is 36.8 Å². The van der Waals surface area contributed by atoms with Crippen molar-refractivity contribution in [2.45, 2.75) is 51.3 Å². The van der Waals surface area contributed by atoms with Gasteiger partial charge in [-0.25, -0.2) is 4.68 Å². The quantitative estimate of drug-likeness (QED) is 0.364. The van der Waals surface area contributed by atoms with Crippen LogP contribution in [0.25, 0.3) is 5.69 Å². The Labute approximate surface area is 207 Å². The molecular weight excluding hydrogens is 442 g/mol. The van der Waals surface area contributed by atoms with Crippen LogP contribution in [-0.2, 0) is 13.0 Å². The molecule has 4 rings (SSSR count). The van der Waals surface area contributed by atoms with Gasteiger partial charge < -0.3 is 19.3 Å². The Morgan fingerprint density at radius 1 is 1.11 bits per heavy atom. The van der Waals surface area contributed by atoms with Crippen molar-refractivity contribution in [2.75, 3.05) is 20.8 Å². The van der Waals surface area contributed by atoms with Gasteiger partial charge >= 0.3 is 0 Å². The van der Waals surface area contributed by atoms with E-state index >= 15 is 0 Å². The van der Waals surface area contributed by atoms with Gasteiger partial charge in [-0.1, -0.05) is 25.1 Å². The van der Waals surface area contributed by atoms with E-state index in [4.69, 9.17) is 19.3 Å². The van der Waals surface area contributed by atoms with Gasteiger partial charge in [0.25, 0.3) is 0 Å². The number of para-hydroxylation sites is 2. The highest BCUT2D eigenvalue weighted by Crippen LogP contribution is 2.38. The Hall–Kier alpha value is -3.29. The summed E-state index contributed by atoms with van der Waals surface area (Å²) in [4.78, 5) is 2.31. The van der Waals surface area contributed by atoms with Crippen LogP contribution in [0.4, 0.5) is 0 Å². The van der Waals surface area contributed by atoms with Crippen LogP contribution in [-0.4, -0.2) is 52.2 Å². The lowest BCUT2D eigenvalue weighted by Crippen LogP contribution is -2.40. The lowest BCUT2D eigenvalue weighted by Gasteiger charge is -2.29. The maximum atomic E-state index is 10.7. The molecule has 1 aromatic heterocycles. The molecule has 7 heteroatoms. The average Bonchev–Trinajstić information content (AvgIpc) is 3.68. The summed E-state index contributed by atoms with van der Waals surface area (Å²) in [5, 5.41) is 15.7. The zero-order valence-corrected chi connectivity index (χ0v) is 21.0. The molecule has 0 aliphatic heterocycles. The third-order valence-corrected chi connectivity index (χ3v) is 6.33. The van der Waals surface area contributed by atoms with Crippen LogP contribution >= 0.6 is 0 Å². The van der Waals surface area contributed by atoms with E-state index in [0.29, 0.717) is 36.5 Å². The van der Waals surface area contributed by atoms with Crippen LogP contribution in [0.1, 0.15) is 37.9 Å². The van der Waals surface area contributed by atoms with E-state index < -0.39 is 5.60 Å². The Morgan fingerprint density at radius 3 is 2.37 bits per heavy atom. The fraction of sp³-hybridized carbons (Fsp3) is 0.393. The van der Waals surface area contributed by atoms with E-state index in [2.05, 4.69) is 18.4 Å². The van der Waals surface area contributed by atoms with Crippen LogP contribution in [0.3, 0.4) is 0 Å². The smallest absolute Gasteiger partial charge is 0.227 e. The molecule has 1 N–H and O–H groups in total. The third kappa shape index (κ3) is 5.69. The summed E-state index contributed by atoms with van der Waals surface area (Å²) >= 11 is 0. The topological polar surface area (TPSA) is 69.0 Å². The minimum Gasteiger partial charge on any atom is -0.497 e. The molecule has 1 aliphatic carbocycles. The van der Waals surface area contributed by atoms with Gasteiger partial charge in [-0.05, 0) is 62.6 Å². The first kappa shape index (κ1) is 24.8. The molecule has 1 heterocycles. The van der Waals surface area contributed by atoms with Crippen molar-refractivity contribution < 1.29 is 19.3 Å². The Bertz CT molecular complexity index is 1150. The van der Waals surface area contributed by atoms with Crippen LogP contribution < -0.4 is 14.2 Å². The first-order valence-corrected chi connectivity index (χ1v) is 12.0. The predicted molar refractivity (Wildman–Crippen MR) is 137 cm³/mol. The van der Waals surface area contributed by atoms with E-state index in [1.807, 2.05) is 53.2 Å². The number of methoxy groups -OCH3 is 2. The van der Waals surface area contributed by atoms with Gasteiger partial charge in [0, 0.05) is 19.1 Å². The normalized spacial score (nSPS) is 15.0. The first-order chi connectivity index (χ1) is 16.9. The van der Waals surface area contributed by atoms with Crippen LogP contribution in [0.15, 0.2) is 61.2 Å². The molecule has 35 heavy (non-hydrogen) atoms. The lowest BCUT2D eigenvalue weighted by atomic mass is 10.1. The molecule has 0 saturated heterocycles. The SMILES string of the molecule is C=CC(C)(O)CN(Cc1c(CC)nn(-c2ccc(OC)cc2)c1Oc1ccccc1OC)C1CC1. The van der Waals surface area contributed by atoms with Gasteiger partial charge in [0.2, 0.25) is 5.88 Å². The molecule has 0 radical (unpaired) electrons. The number of hydrogen-bond acceptors (Lipinski definition) is 6. The number of benzene rings is 2. The van der Waals surface area contributed by atoms with Crippen molar-refractivity contribution in [3.63, 3.8) is 0 Å². The summed E-state index contributed by atoms with van der Waals surface area (Å²) in [5.41, 5.74) is 1.84. The minimum absolute atomic E-state index is 0.426. The van der Waals surface area contributed by atoms with Gasteiger partial charge in [0.1, 0.15) is 5.75 Å². The number of aliphatic hydroxyl groups is 1. The second-order valence-electron chi connectivity index (χ2n) is 9.14. The van der Waals surface area contributed by atoms with Gasteiger partial charge in [-0.3, -0.25) is 4.90 Å². The third-order valence-electron chi connectivity index (χ3n) is 6.33. The summed E-state index contributed by atoms with van der Waals surface area (Å²) in [6.45, 7) is 8.81. The van der Waals surface area contributed by atoms with Crippen LogP contribution in [0, 0.1) is 0 Å². The second-order valence-corrected chi connectivity index (χ2v) is 9.14. The molecular formula is C28H35N3O4. The van der Waals surface area contributed by atoms with E-state index in [1.165, 1.54) is 0 Å². The molecule has 1 aliphatic rings. The van der Waals surface area contributed by atoms with Crippen molar-refractivity contribution >= 4 is 0 Å². The van der Waals surface area contributed by atoms with Gasteiger partial charge in [-0.15, -0.1) is 6.58 Å². The maximum Gasteiger partial charge on any atom is 0.227 e. The minimum atomic E-state index is -0.982. The molecule has 1 saturated carbocycles. The number of rotatable bonds is 12. The highest BCUT2D eigenvalue weighted by atomic mass is 16.5. The van der Waals surface area contributed by atoms with E-state index in [-0.39, 0.29) is 0 Å². The van der Waals surface area contributed by atoms with Crippen molar-refractivity contribution in [1.29, 1.82) is 0 Å². The molecule has 186 valence electrons. The molecule has 1 unspecified atom stereocenters. The predicted octanol–water partition coefficient (Wildman–Crippen LogP) is 5.15. The second kappa shape index (κ2) is 10.5. The molecule has 7 nitrogen and oxygen atoms in total. The molecule has 3 aromatic rings. The Kier molecular flexibility index (Phi) is 7.48. The molecule has 0 spiro atoms. The Balaban J connectivity index is 1.80. The summed E-state index contributed by atoms with van der Waals surface area (Å²) in [7, 11) is 3.28. The van der Waals surface area contributed by atoms with Gasteiger partial charge in [-0.2, -0.15) is 5.10 Å². The molecule has 2 aromatic carbocycles. The van der Waals surface area contributed by atoms with E-state index in [1.54, 1.807) is 27.2 Å². The van der Waals surface area contributed by atoms with Crippen molar-refractivity contribution in [2.24, 2.45) is 0 Å². The maximum absolute atomic E-state index is 10.7. The van der Waals surface area contributed by atoms with Gasteiger partial charge in [0.15, 0.2) is 11.5 Å². The van der Waals surface area contributed by atoms with Crippen molar-refractivity contribution in [1.82, 2.24) is 14.7 Å². The monoisotopic (exact) mass is 477 g/mol. The first-order valence-electron chi connectivity index (χ1n) is 12.0. The fourth-order valence-electron chi connectivity index (χ4n) is 4.16. The van der Waals surface area contributed by atoms with E-state index in [9.17, 15) is 5.11 Å². The molecule has 0 bridgehead atoms. The number of aromatic nitrogens is 2. The standard InChI is InChI=1S/C28H35N3O4/c1-6-24-23(18-30(20-12-13-20)19-28(3,32)7-2)27(35-26-11-9-8-10-25(26)34-5)31(29-24)21-14-16-22(33-4)17-15-21/h7-11,14-17,20,32H,2,6,12-13,18-19H2,1,3-5H3. The largest absolute Gasteiger partial charge is 0.497 e. The molecule has 0 amide bonds. The summed E-state index contributed by atoms with van der Waals surface area (Å²) in [5.74, 6) is 2.67. The number of ether oxygens (including phenoxy) is 3.